The fourth-order valence-electron chi connectivity index (χ4n) is 3.11. The topological polar surface area (TPSA) is 84.0 Å². The first-order chi connectivity index (χ1) is 15.2. The van der Waals surface area contributed by atoms with Crippen molar-refractivity contribution in [2.24, 2.45) is 4.99 Å². The van der Waals surface area contributed by atoms with Crippen LogP contribution in [-0.4, -0.2) is 26.7 Å². The van der Waals surface area contributed by atoms with Gasteiger partial charge in [0.05, 0.1) is 11.4 Å². The van der Waals surface area contributed by atoms with Crippen molar-refractivity contribution in [2.45, 2.75) is 6.42 Å². The van der Waals surface area contributed by atoms with E-state index in [2.05, 4.69) is 15.1 Å². The maximum atomic E-state index is 14.9. The summed E-state index contributed by atoms with van der Waals surface area (Å²) in [4.78, 5) is 21.0. The molecule has 1 N–H and O–H groups in total. The lowest BCUT2D eigenvalue weighted by Gasteiger charge is -2.11. The molecule has 6 nitrogen and oxygen atoms in total. The van der Waals surface area contributed by atoms with E-state index in [0.29, 0.717) is 17.0 Å². The Balaban J connectivity index is 1.76. The number of hydrogen-bond acceptors (Lipinski definition) is 5. The van der Waals surface area contributed by atoms with Crippen LogP contribution >= 0.6 is 0 Å². The van der Waals surface area contributed by atoms with E-state index in [0.717, 1.165) is 11.8 Å². The van der Waals surface area contributed by atoms with Crippen LogP contribution in [-0.2, 0) is 0 Å². The number of rotatable bonds is 6. The van der Waals surface area contributed by atoms with Crippen LogP contribution in [0.2, 0.25) is 0 Å². The van der Waals surface area contributed by atoms with Gasteiger partial charge in [-0.3, -0.25) is 14.8 Å². The third-order valence-electron chi connectivity index (χ3n) is 4.61. The van der Waals surface area contributed by atoms with Crippen LogP contribution in [0.25, 0.3) is 16.8 Å². The second-order valence-corrected chi connectivity index (χ2v) is 6.68. The molecule has 0 aliphatic carbocycles. The minimum atomic E-state index is -0.481. The molecule has 0 bridgehead atoms. The van der Waals surface area contributed by atoms with Crippen LogP contribution in [0, 0.1) is 11.2 Å². The highest BCUT2D eigenvalue weighted by Gasteiger charge is 2.13. The average molecular weight is 411 g/mol. The molecule has 152 valence electrons. The Bertz CT molecular complexity index is 1300. The smallest absolute Gasteiger partial charge is 0.209 e. The number of benzene rings is 2. The van der Waals surface area contributed by atoms with Gasteiger partial charge in [-0.05, 0) is 47.5 Å². The fourth-order valence-corrected chi connectivity index (χ4v) is 3.11. The molecule has 4 aromatic rings. The Morgan fingerprint density at radius 2 is 1.81 bits per heavy atom. The minimum absolute atomic E-state index is 0.0764. The normalized spacial score (nSPS) is 11.3. The SMILES string of the molecule is N=CCC(=Nc1ccccc1)c1nn(-c2ccc(-c3ccncc3)cc2F)ccc1=O. The Morgan fingerprint density at radius 3 is 2.52 bits per heavy atom. The van der Waals surface area contributed by atoms with Gasteiger partial charge in [-0.15, -0.1) is 0 Å². The van der Waals surface area contributed by atoms with Crippen molar-refractivity contribution in [3.63, 3.8) is 0 Å². The van der Waals surface area contributed by atoms with E-state index >= 15 is 0 Å². The number of nitrogens with zero attached hydrogens (tertiary/aromatic N) is 4. The summed E-state index contributed by atoms with van der Waals surface area (Å²) in [5, 5.41) is 11.8. The van der Waals surface area contributed by atoms with Gasteiger partial charge in [0.25, 0.3) is 0 Å². The van der Waals surface area contributed by atoms with E-state index in [4.69, 9.17) is 5.41 Å². The van der Waals surface area contributed by atoms with E-state index in [9.17, 15) is 9.18 Å². The van der Waals surface area contributed by atoms with Gasteiger partial charge in [0.2, 0.25) is 5.43 Å². The fraction of sp³-hybridized carbons (Fsp3) is 0.0417. The highest BCUT2D eigenvalue weighted by Crippen LogP contribution is 2.23. The third-order valence-corrected chi connectivity index (χ3v) is 4.61. The first kappa shape index (κ1) is 20.0. The van der Waals surface area contributed by atoms with Crippen molar-refractivity contribution in [3.8, 4) is 16.8 Å². The number of hydrogen-bond donors (Lipinski definition) is 1. The van der Waals surface area contributed by atoms with Gasteiger partial charge in [-0.25, -0.2) is 9.07 Å². The standard InChI is InChI=1S/C24H18FN5O/c25-20-16-18(17-9-13-27-14-10-17)6-7-22(20)30-15-11-23(31)24(29-30)21(8-12-26)28-19-4-2-1-3-5-19/h1-7,9-16,26H,8H2. The Hall–Kier alpha value is -4.26. The molecule has 0 fully saturated rings. The minimum Gasteiger partial charge on any atom is -0.313 e. The summed E-state index contributed by atoms with van der Waals surface area (Å²) in [7, 11) is 0. The van der Waals surface area contributed by atoms with Gasteiger partial charge < -0.3 is 5.41 Å². The summed E-state index contributed by atoms with van der Waals surface area (Å²) in [5.74, 6) is -0.481. The zero-order valence-corrected chi connectivity index (χ0v) is 16.4. The number of para-hydroxylation sites is 1. The van der Waals surface area contributed by atoms with E-state index in [1.807, 2.05) is 18.2 Å². The second-order valence-electron chi connectivity index (χ2n) is 6.68. The average Bonchev–Trinajstić information content (AvgIpc) is 2.80. The Kier molecular flexibility index (Phi) is 5.84. The lowest BCUT2D eigenvalue weighted by Crippen LogP contribution is -2.21. The summed E-state index contributed by atoms with van der Waals surface area (Å²) in [6.45, 7) is 0. The molecule has 2 aromatic carbocycles. The zero-order chi connectivity index (χ0) is 21.6. The molecule has 0 unspecified atom stereocenters. The van der Waals surface area contributed by atoms with Crippen molar-refractivity contribution >= 4 is 17.6 Å². The van der Waals surface area contributed by atoms with Crippen molar-refractivity contribution in [1.82, 2.24) is 14.8 Å². The maximum absolute atomic E-state index is 14.9. The van der Waals surface area contributed by atoms with Crippen molar-refractivity contribution < 1.29 is 4.39 Å². The molecule has 4 rings (SSSR count). The van der Waals surface area contributed by atoms with Gasteiger partial charge in [-0.1, -0.05) is 24.3 Å². The van der Waals surface area contributed by atoms with Crippen LogP contribution in [0.5, 0.6) is 0 Å². The summed E-state index contributed by atoms with van der Waals surface area (Å²) in [5.41, 5.74) is 2.47. The molecule has 31 heavy (non-hydrogen) atoms. The third kappa shape index (κ3) is 4.51. The molecule has 0 amide bonds. The van der Waals surface area contributed by atoms with Crippen LogP contribution in [0.4, 0.5) is 10.1 Å². The van der Waals surface area contributed by atoms with Gasteiger partial charge in [-0.2, -0.15) is 5.10 Å². The van der Waals surface area contributed by atoms with Gasteiger partial charge in [0.1, 0.15) is 11.5 Å². The van der Waals surface area contributed by atoms with Crippen molar-refractivity contribution in [3.05, 3.63) is 107 Å². The molecule has 2 aromatic heterocycles. The van der Waals surface area contributed by atoms with E-state index in [1.165, 1.54) is 23.0 Å². The molecule has 0 aliphatic rings. The zero-order valence-electron chi connectivity index (χ0n) is 16.4. The number of aromatic nitrogens is 3. The first-order valence-electron chi connectivity index (χ1n) is 9.58. The van der Waals surface area contributed by atoms with E-state index < -0.39 is 5.82 Å². The summed E-state index contributed by atoms with van der Waals surface area (Å²) < 4.78 is 16.2. The van der Waals surface area contributed by atoms with Crippen molar-refractivity contribution in [2.75, 3.05) is 0 Å². The molecule has 0 spiro atoms. The number of halogens is 1. The lowest BCUT2D eigenvalue weighted by molar-refractivity contribution is 0.608. The highest BCUT2D eigenvalue weighted by molar-refractivity contribution is 6.06. The monoisotopic (exact) mass is 411 g/mol. The van der Waals surface area contributed by atoms with Crippen LogP contribution < -0.4 is 5.43 Å². The Morgan fingerprint density at radius 1 is 1.03 bits per heavy atom. The molecule has 7 heteroatoms. The molecule has 0 saturated heterocycles. The van der Waals surface area contributed by atoms with Gasteiger partial charge >= 0.3 is 0 Å². The quantitative estimate of drug-likeness (QED) is 0.471. The van der Waals surface area contributed by atoms with Gasteiger partial charge in [0.15, 0.2) is 5.69 Å². The number of nitrogens with one attached hydrogen (secondary N) is 1. The predicted molar refractivity (Wildman–Crippen MR) is 119 cm³/mol. The summed E-state index contributed by atoms with van der Waals surface area (Å²) in [6, 6.07) is 18.8. The van der Waals surface area contributed by atoms with Crippen molar-refractivity contribution in [1.29, 1.82) is 5.41 Å². The van der Waals surface area contributed by atoms with Crippen LogP contribution in [0.1, 0.15) is 12.1 Å². The number of pyridine rings is 1. The predicted octanol–water partition coefficient (Wildman–Crippen LogP) is 4.59. The van der Waals surface area contributed by atoms with Crippen LogP contribution in [0.3, 0.4) is 0 Å². The summed E-state index contributed by atoms with van der Waals surface area (Å²) in [6.07, 6.45) is 6.00. The molecule has 0 aliphatic heterocycles. The molecule has 0 radical (unpaired) electrons. The Labute approximate surface area is 177 Å². The molecular weight excluding hydrogens is 393 g/mol. The highest BCUT2D eigenvalue weighted by atomic mass is 19.1. The second kappa shape index (κ2) is 9.04. The van der Waals surface area contributed by atoms with E-state index in [1.54, 1.807) is 48.8 Å². The van der Waals surface area contributed by atoms with Crippen LogP contribution in [0.15, 0.2) is 95.1 Å². The summed E-state index contributed by atoms with van der Waals surface area (Å²) >= 11 is 0. The maximum Gasteiger partial charge on any atom is 0.209 e. The molecule has 0 saturated carbocycles. The first-order valence-corrected chi connectivity index (χ1v) is 9.58. The lowest BCUT2D eigenvalue weighted by atomic mass is 10.1. The molecule has 2 heterocycles. The van der Waals surface area contributed by atoms with Gasteiger partial charge in [0, 0.05) is 37.3 Å². The molecule has 0 atom stereocenters. The largest absolute Gasteiger partial charge is 0.313 e. The molecular formula is C24H18FN5O. The van der Waals surface area contributed by atoms with E-state index in [-0.39, 0.29) is 23.2 Å². The number of aliphatic imine (C=N–C) groups is 1.